The van der Waals surface area contributed by atoms with Gasteiger partial charge in [0.05, 0.1) is 23.3 Å². The minimum Gasteiger partial charge on any atom is -0.487 e. The molecule has 2 aromatic rings. The van der Waals surface area contributed by atoms with Crippen molar-refractivity contribution < 1.29 is 14.3 Å². The molecule has 3 aliphatic rings. The van der Waals surface area contributed by atoms with Crippen molar-refractivity contribution in [3.05, 3.63) is 53.6 Å². The van der Waals surface area contributed by atoms with Crippen molar-refractivity contribution in [2.75, 3.05) is 14.2 Å². The summed E-state index contributed by atoms with van der Waals surface area (Å²) in [6.45, 7) is 0. The van der Waals surface area contributed by atoms with E-state index in [1.165, 1.54) is 5.06 Å². The molecule has 1 fully saturated rings. The number of aliphatic imine (C=N–C) groups is 1. The van der Waals surface area contributed by atoms with Crippen LogP contribution in [-0.4, -0.2) is 36.9 Å². The van der Waals surface area contributed by atoms with E-state index in [9.17, 15) is 5.26 Å². The number of rotatable bonds is 2. The highest BCUT2D eigenvalue weighted by atomic mass is 16.7. The van der Waals surface area contributed by atoms with Gasteiger partial charge in [-0.3, -0.25) is 0 Å². The Balaban J connectivity index is 1.59. The Kier molecular flexibility index (Phi) is 4.65. The molecular weight excluding hydrogens is 392 g/mol. The lowest BCUT2D eigenvalue weighted by Gasteiger charge is -2.47. The number of methoxy groups -OCH3 is 1. The summed E-state index contributed by atoms with van der Waals surface area (Å²) in [6, 6.07) is 15.8. The quantitative estimate of drug-likeness (QED) is 0.800. The third-order valence-electron chi connectivity index (χ3n) is 6.70. The van der Waals surface area contributed by atoms with Crippen LogP contribution in [0.15, 0.2) is 47.5 Å². The normalized spacial score (nSPS) is 29.4. The van der Waals surface area contributed by atoms with Crippen molar-refractivity contribution in [2.24, 2.45) is 10.7 Å². The molecule has 0 bridgehead atoms. The molecule has 160 valence electrons. The van der Waals surface area contributed by atoms with Gasteiger partial charge in [0.1, 0.15) is 11.4 Å². The molecule has 1 aliphatic carbocycles. The number of nitrogens with two attached hydrogens (primary N) is 1. The molecule has 31 heavy (non-hydrogen) atoms. The fraction of sp³-hybridized carbons (Fsp3) is 0.417. The van der Waals surface area contributed by atoms with E-state index >= 15 is 0 Å². The highest BCUT2D eigenvalue weighted by molar-refractivity contribution is 5.79. The van der Waals surface area contributed by atoms with Crippen molar-refractivity contribution in [3.8, 4) is 22.9 Å². The van der Waals surface area contributed by atoms with Gasteiger partial charge in [0.2, 0.25) is 11.7 Å². The van der Waals surface area contributed by atoms with E-state index in [0.717, 1.165) is 48.1 Å². The molecule has 0 radical (unpaired) electrons. The molecule has 7 nitrogen and oxygen atoms in total. The largest absolute Gasteiger partial charge is 0.487 e. The van der Waals surface area contributed by atoms with Crippen LogP contribution in [0.3, 0.4) is 0 Å². The van der Waals surface area contributed by atoms with Gasteiger partial charge in [0, 0.05) is 20.6 Å². The maximum atomic E-state index is 9.27. The average Bonchev–Trinajstić information content (AvgIpc) is 3.07. The Morgan fingerprint density at radius 1 is 1.19 bits per heavy atom. The number of hydrogen-bond donors (Lipinski definition) is 1. The van der Waals surface area contributed by atoms with Gasteiger partial charge in [-0.15, -0.1) is 0 Å². The zero-order chi connectivity index (χ0) is 21.6. The van der Waals surface area contributed by atoms with Gasteiger partial charge >= 0.3 is 0 Å². The summed E-state index contributed by atoms with van der Waals surface area (Å²) in [5, 5.41) is 10.8. The molecule has 1 unspecified atom stereocenters. The molecular formula is C24H26N4O3. The lowest BCUT2D eigenvalue weighted by atomic mass is 9.74. The Hall–Kier alpha value is -3.08. The molecule has 2 heterocycles. The van der Waals surface area contributed by atoms with Crippen LogP contribution in [0.5, 0.6) is 5.75 Å². The van der Waals surface area contributed by atoms with E-state index in [1.54, 1.807) is 20.2 Å². The molecule has 2 aliphatic heterocycles. The summed E-state index contributed by atoms with van der Waals surface area (Å²) >= 11 is 0. The van der Waals surface area contributed by atoms with E-state index in [0.29, 0.717) is 17.9 Å². The topological polar surface area (TPSA) is 93.1 Å². The van der Waals surface area contributed by atoms with E-state index in [2.05, 4.69) is 12.1 Å². The molecule has 2 aromatic carbocycles. The highest BCUT2D eigenvalue weighted by Crippen LogP contribution is 2.53. The summed E-state index contributed by atoms with van der Waals surface area (Å²) in [6.07, 6.45) is 4.49. The number of nitrogens with zero attached hydrogens (tertiary/aromatic N) is 3. The van der Waals surface area contributed by atoms with E-state index in [4.69, 9.17) is 25.0 Å². The molecule has 7 heteroatoms. The second-order valence-corrected chi connectivity index (χ2v) is 8.64. The predicted molar refractivity (Wildman–Crippen MR) is 116 cm³/mol. The third kappa shape index (κ3) is 3.32. The Morgan fingerprint density at radius 3 is 2.65 bits per heavy atom. The van der Waals surface area contributed by atoms with Crippen LogP contribution in [0.25, 0.3) is 11.1 Å². The molecule has 0 aromatic heterocycles. The predicted octanol–water partition coefficient (Wildman–Crippen LogP) is 3.68. The molecule has 0 amide bonds. The van der Waals surface area contributed by atoms with Gasteiger partial charge < -0.3 is 15.2 Å². The lowest BCUT2D eigenvalue weighted by Crippen LogP contribution is -2.51. The first-order valence-corrected chi connectivity index (χ1v) is 10.6. The second kappa shape index (κ2) is 7.26. The highest BCUT2D eigenvalue weighted by Gasteiger charge is 2.55. The van der Waals surface area contributed by atoms with Gasteiger partial charge in [-0.1, -0.05) is 18.2 Å². The van der Waals surface area contributed by atoms with Crippen LogP contribution in [0.2, 0.25) is 0 Å². The number of guanidine groups is 1. The second-order valence-electron chi connectivity index (χ2n) is 8.64. The van der Waals surface area contributed by atoms with Crippen LogP contribution in [-0.2, 0) is 15.3 Å². The molecule has 1 saturated carbocycles. The summed E-state index contributed by atoms with van der Waals surface area (Å²) in [5.74, 6) is 1.12. The van der Waals surface area contributed by atoms with Gasteiger partial charge in [-0.25, -0.2) is 14.9 Å². The van der Waals surface area contributed by atoms with Gasteiger partial charge in [0.25, 0.3) is 0 Å². The monoisotopic (exact) mass is 418 g/mol. The zero-order valence-electron chi connectivity index (χ0n) is 17.8. The maximum Gasteiger partial charge on any atom is 0.222 e. The van der Waals surface area contributed by atoms with Crippen molar-refractivity contribution >= 4 is 5.96 Å². The van der Waals surface area contributed by atoms with Crippen molar-refractivity contribution in [3.63, 3.8) is 0 Å². The SMILES string of the molecule is COC1CCC2(CC1)CC1(N=C(N)N(C)O1)c1cc(-c3cccc(C#N)c3)ccc1O2. The third-order valence-corrected chi connectivity index (χ3v) is 6.70. The van der Waals surface area contributed by atoms with Crippen LogP contribution in [0, 0.1) is 11.3 Å². The summed E-state index contributed by atoms with van der Waals surface area (Å²) in [4.78, 5) is 11.1. The average molecular weight is 418 g/mol. The minimum atomic E-state index is -0.921. The van der Waals surface area contributed by atoms with Crippen LogP contribution in [0.1, 0.15) is 43.2 Å². The van der Waals surface area contributed by atoms with E-state index in [-0.39, 0.29) is 11.7 Å². The van der Waals surface area contributed by atoms with Crippen molar-refractivity contribution in [2.45, 2.75) is 49.5 Å². The van der Waals surface area contributed by atoms with E-state index < -0.39 is 5.72 Å². The molecule has 5 rings (SSSR count). The summed E-state index contributed by atoms with van der Waals surface area (Å²) < 4.78 is 12.2. The molecule has 2 spiro atoms. The first-order valence-electron chi connectivity index (χ1n) is 10.6. The number of fused-ring (bicyclic) bond motifs is 2. The Morgan fingerprint density at radius 2 is 1.97 bits per heavy atom. The Labute approximate surface area is 182 Å². The van der Waals surface area contributed by atoms with Crippen LogP contribution in [0.4, 0.5) is 0 Å². The number of hydrogen-bond acceptors (Lipinski definition) is 7. The first-order chi connectivity index (χ1) is 15.0. The van der Waals surface area contributed by atoms with E-state index in [1.807, 2.05) is 30.3 Å². The van der Waals surface area contributed by atoms with Gasteiger partial charge in [-0.2, -0.15) is 5.26 Å². The number of hydroxylamine groups is 2. The minimum absolute atomic E-state index is 0.266. The first kappa shape index (κ1) is 19.9. The van der Waals surface area contributed by atoms with Crippen molar-refractivity contribution in [1.82, 2.24) is 5.06 Å². The van der Waals surface area contributed by atoms with Gasteiger partial charge in [0.15, 0.2) is 0 Å². The zero-order valence-corrected chi connectivity index (χ0v) is 17.8. The number of ether oxygens (including phenoxy) is 2. The molecule has 1 atom stereocenters. The smallest absolute Gasteiger partial charge is 0.222 e. The van der Waals surface area contributed by atoms with Gasteiger partial charge in [-0.05, 0) is 61.1 Å². The fourth-order valence-electron chi connectivity index (χ4n) is 5.04. The van der Waals surface area contributed by atoms with Crippen LogP contribution >= 0.6 is 0 Å². The van der Waals surface area contributed by atoms with Crippen molar-refractivity contribution in [1.29, 1.82) is 5.26 Å². The summed E-state index contributed by atoms with van der Waals surface area (Å²) in [5.41, 5.74) is 8.28. The number of benzene rings is 2. The Bertz CT molecular complexity index is 1080. The summed E-state index contributed by atoms with van der Waals surface area (Å²) in [7, 11) is 3.54. The lowest BCUT2D eigenvalue weighted by molar-refractivity contribution is -0.209. The van der Waals surface area contributed by atoms with Crippen LogP contribution < -0.4 is 10.5 Å². The fourth-order valence-corrected chi connectivity index (χ4v) is 5.04. The number of nitriles is 1. The molecule has 2 N–H and O–H groups in total. The molecule has 0 saturated heterocycles. The standard InChI is InChI=1S/C24H26N4O3/c1-28-22(26)27-24(31-28)15-23(10-8-19(29-2)9-11-23)30-21-7-6-18(13-20(21)24)17-5-3-4-16(12-17)14-25/h3-7,12-13,19H,8-11,15H2,1-2H3,(H2,26,27). The maximum absolute atomic E-state index is 9.27.